The van der Waals surface area contributed by atoms with Crippen LogP contribution in [0.4, 0.5) is 5.69 Å². The predicted molar refractivity (Wildman–Crippen MR) is 99.3 cm³/mol. The highest BCUT2D eigenvalue weighted by molar-refractivity contribution is 5.92. The molecule has 0 aromatic heterocycles. The van der Waals surface area contributed by atoms with Crippen molar-refractivity contribution < 1.29 is 14.5 Å². The number of nitrogens with zero attached hydrogens (tertiary/aromatic N) is 2. The lowest BCUT2D eigenvalue weighted by Gasteiger charge is -2.24. The molecule has 0 saturated carbocycles. The zero-order valence-corrected chi connectivity index (χ0v) is 15.4. The van der Waals surface area contributed by atoms with Crippen LogP contribution >= 0.6 is 0 Å². The summed E-state index contributed by atoms with van der Waals surface area (Å²) in [5, 5.41) is 14.2. The smallest absolute Gasteiger partial charge is 0.269 e. The van der Waals surface area contributed by atoms with Crippen LogP contribution in [-0.4, -0.2) is 47.2 Å². The molecule has 7 nitrogen and oxygen atoms in total. The molecule has 2 unspecified atom stereocenters. The van der Waals surface area contributed by atoms with Crippen LogP contribution < -0.4 is 5.32 Å². The number of rotatable bonds is 5. The number of non-ortho nitro benzene ring substituents is 1. The lowest BCUT2D eigenvalue weighted by Crippen LogP contribution is -2.47. The number of nitro groups is 1. The van der Waals surface area contributed by atoms with Gasteiger partial charge >= 0.3 is 0 Å². The van der Waals surface area contributed by atoms with Gasteiger partial charge in [0.1, 0.15) is 5.78 Å². The number of amides is 1. The lowest BCUT2D eigenvalue weighted by atomic mass is 9.87. The lowest BCUT2D eigenvalue weighted by molar-refractivity contribution is -0.384. The maximum atomic E-state index is 12.9. The van der Waals surface area contributed by atoms with Crippen molar-refractivity contribution in [1.29, 1.82) is 0 Å². The van der Waals surface area contributed by atoms with Crippen molar-refractivity contribution in [3.8, 4) is 0 Å². The maximum absolute atomic E-state index is 12.9. The van der Waals surface area contributed by atoms with E-state index in [0.29, 0.717) is 25.8 Å². The molecule has 1 aromatic rings. The third-order valence-corrected chi connectivity index (χ3v) is 6.23. The third-order valence-electron chi connectivity index (χ3n) is 6.23. The van der Waals surface area contributed by atoms with E-state index in [4.69, 9.17) is 0 Å². The van der Waals surface area contributed by atoms with Gasteiger partial charge in [0, 0.05) is 37.6 Å². The Kier molecular flexibility index (Phi) is 4.95. The number of ketones is 1. The van der Waals surface area contributed by atoms with Crippen molar-refractivity contribution in [2.45, 2.75) is 44.6 Å². The summed E-state index contributed by atoms with van der Waals surface area (Å²) in [7, 11) is 0. The van der Waals surface area contributed by atoms with Crippen molar-refractivity contribution >= 4 is 17.4 Å². The van der Waals surface area contributed by atoms with Crippen LogP contribution in [0, 0.1) is 22.0 Å². The number of hydrogen-bond donors (Lipinski definition) is 1. The minimum Gasteiger partial charge on any atom is -0.341 e. The van der Waals surface area contributed by atoms with E-state index in [-0.39, 0.29) is 40.2 Å². The fraction of sp³-hybridized carbons (Fsp3) is 0.600. The predicted octanol–water partition coefficient (Wildman–Crippen LogP) is 1.87. The first-order valence-corrected chi connectivity index (χ1v) is 9.84. The molecule has 1 aromatic carbocycles. The molecule has 2 saturated heterocycles. The number of likely N-dealkylation sites (tertiary alicyclic amines) is 1. The summed E-state index contributed by atoms with van der Waals surface area (Å²) in [6, 6.07) is 4.61. The number of hydrogen-bond acceptors (Lipinski definition) is 5. The average Bonchev–Trinajstić information content (AvgIpc) is 3.39. The standard InChI is InChI=1S/C20H25N3O4/c24-18(17-5-6-21-19(17)20(25)22-7-1-2-8-22)11-13-9-14-3-4-16(23(26)27)12-15(14)10-13/h3-4,12-13,17,19,21H,1-2,5-11H2/t13?,17?,19-/m1/s1. The number of nitro benzene ring substituents is 1. The molecule has 144 valence electrons. The van der Waals surface area contributed by atoms with Crippen LogP contribution in [0.2, 0.25) is 0 Å². The van der Waals surface area contributed by atoms with Gasteiger partial charge in [-0.3, -0.25) is 19.7 Å². The number of carbonyl (C=O) groups is 2. The summed E-state index contributed by atoms with van der Waals surface area (Å²) >= 11 is 0. The van der Waals surface area contributed by atoms with Crippen LogP contribution in [0.25, 0.3) is 0 Å². The van der Waals surface area contributed by atoms with Crippen molar-refractivity contribution in [2.75, 3.05) is 19.6 Å². The minimum atomic E-state index is -0.377. The minimum absolute atomic E-state index is 0.0775. The van der Waals surface area contributed by atoms with Crippen LogP contribution in [-0.2, 0) is 22.4 Å². The van der Waals surface area contributed by atoms with Crippen molar-refractivity contribution in [3.05, 3.63) is 39.4 Å². The largest absolute Gasteiger partial charge is 0.341 e. The van der Waals surface area contributed by atoms with Gasteiger partial charge in [-0.2, -0.15) is 0 Å². The first kappa shape index (κ1) is 18.1. The molecule has 0 radical (unpaired) electrons. The Hall–Kier alpha value is -2.28. The summed E-state index contributed by atoms with van der Waals surface area (Å²) in [5.74, 6) is 0.173. The highest BCUT2D eigenvalue weighted by Crippen LogP contribution is 2.33. The molecule has 0 bridgehead atoms. The highest BCUT2D eigenvalue weighted by Gasteiger charge is 2.40. The Balaban J connectivity index is 1.38. The third kappa shape index (κ3) is 3.60. The van der Waals surface area contributed by atoms with Gasteiger partial charge in [0.05, 0.1) is 11.0 Å². The van der Waals surface area contributed by atoms with Gasteiger partial charge in [0.15, 0.2) is 0 Å². The van der Waals surface area contributed by atoms with E-state index in [9.17, 15) is 19.7 Å². The summed E-state index contributed by atoms with van der Waals surface area (Å²) in [5.41, 5.74) is 2.20. The molecule has 27 heavy (non-hydrogen) atoms. The van der Waals surface area contributed by atoms with E-state index in [2.05, 4.69) is 5.32 Å². The molecule has 1 aliphatic carbocycles. The second kappa shape index (κ2) is 7.38. The fourth-order valence-electron chi connectivity index (χ4n) is 4.83. The Bertz CT molecular complexity index is 772. The van der Waals surface area contributed by atoms with Gasteiger partial charge in [0.25, 0.3) is 5.69 Å². The molecule has 2 heterocycles. The molecule has 3 atom stereocenters. The van der Waals surface area contributed by atoms with Crippen molar-refractivity contribution in [1.82, 2.24) is 10.2 Å². The monoisotopic (exact) mass is 371 g/mol. The number of fused-ring (bicyclic) bond motifs is 1. The number of carbonyl (C=O) groups excluding carboxylic acids is 2. The Morgan fingerprint density at radius 1 is 1.19 bits per heavy atom. The molecule has 0 spiro atoms. The number of nitrogens with one attached hydrogen (secondary N) is 1. The van der Waals surface area contributed by atoms with Gasteiger partial charge in [-0.1, -0.05) is 6.07 Å². The van der Waals surface area contributed by atoms with Crippen LogP contribution in [0.1, 0.15) is 36.8 Å². The zero-order chi connectivity index (χ0) is 19.0. The van der Waals surface area contributed by atoms with Gasteiger partial charge in [-0.05, 0) is 55.7 Å². The first-order valence-electron chi connectivity index (χ1n) is 9.84. The van der Waals surface area contributed by atoms with Crippen LogP contribution in [0.15, 0.2) is 18.2 Å². The maximum Gasteiger partial charge on any atom is 0.269 e. The Labute approximate surface area is 158 Å². The van der Waals surface area contributed by atoms with Crippen molar-refractivity contribution in [2.24, 2.45) is 11.8 Å². The van der Waals surface area contributed by atoms with E-state index in [1.54, 1.807) is 6.07 Å². The Morgan fingerprint density at radius 3 is 2.67 bits per heavy atom. The first-order chi connectivity index (χ1) is 13.0. The second-order valence-corrected chi connectivity index (χ2v) is 8.01. The average molecular weight is 371 g/mol. The Morgan fingerprint density at radius 2 is 1.93 bits per heavy atom. The molecule has 4 rings (SSSR count). The molecular weight excluding hydrogens is 346 g/mol. The molecule has 1 amide bonds. The van der Waals surface area contributed by atoms with E-state index >= 15 is 0 Å². The van der Waals surface area contributed by atoms with Crippen LogP contribution in [0.5, 0.6) is 0 Å². The van der Waals surface area contributed by atoms with E-state index in [1.807, 2.05) is 11.0 Å². The fourth-order valence-corrected chi connectivity index (χ4v) is 4.83. The van der Waals surface area contributed by atoms with E-state index in [0.717, 1.165) is 43.5 Å². The van der Waals surface area contributed by atoms with Gasteiger partial charge < -0.3 is 10.2 Å². The summed E-state index contributed by atoms with van der Waals surface area (Å²) < 4.78 is 0. The van der Waals surface area contributed by atoms with E-state index in [1.165, 1.54) is 6.07 Å². The molecule has 7 heteroatoms. The van der Waals surface area contributed by atoms with Crippen molar-refractivity contribution in [3.63, 3.8) is 0 Å². The quantitative estimate of drug-likeness (QED) is 0.630. The summed E-state index contributed by atoms with van der Waals surface area (Å²) in [4.78, 5) is 38.1. The summed E-state index contributed by atoms with van der Waals surface area (Å²) in [6.45, 7) is 2.31. The number of benzene rings is 1. The van der Waals surface area contributed by atoms with Gasteiger partial charge in [-0.15, -0.1) is 0 Å². The zero-order valence-electron chi connectivity index (χ0n) is 15.4. The molecule has 2 fully saturated rings. The summed E-state index contributed by atoms with van der Waals surface area (Å²) in [6.07, 6.45) is 4.73. The van der Waals surface area contributed by atoms with Crippen LogP contribution in [0.3, 0.4) is 0 Å². The second-order valence-electron chi connectivity index (χ2n) is 8.01. The highest BCUT2D eigenvalue weighted by atomic mass is 16.6. The SMILES string of the molecule is O=C(CC1Cc2ccc([N+](=O)[O-])cc2C1)C1CCN[C@H]1C(=O)N1CCCC1. The van der Waals surface area contributed by atoms with E-state index < -0.39 is 0 Å². The topological polar surface area (TPSA) is 92.5 Å². The molecule has 3 aliphatic rings. The molecule has 1 N–H and O–H groups in total. The molecular formula is C20H25N3O4. The number of Topliss-reactive ketones (excluding diaryl/α,β-unsaturated/α-hetero) is 1. The molecule has 2 aliphatic heterocycles. The van der Waals surface area contributed by atoms with Gasteiger partial charge in [-0.25, -0.2) is 0 Å². The normalized spacial score (nSPS) is 27.0. The van der Waals surface area contributed by atoms with Gasteiger partial charge in [0.2, 0.25) is 5.91 Å².